The molecule has 30 heavy (non-hydrogen) atoms. The van der Waals surface area contributed by atoms with Crippen molar-refractivity contribution in [1.29, 1.82) is 0 Å². The SMILES string of the molecule is CCc1ccc(NC(=O)CSc2nc(-c3ccc(Cl)cc3)nc3cc(=O)[nH]n23)cc1. The summed E-state index contributed by atoms with van der Waals surface area (Å²) in [6.07, 6.45) is 0.943. The maximum absolute atomic E-state index is 12.4. The Labute approximate surface area is 181 Å². The molecule has 2 N–H and O–H groups in total. The van der Waals surface area contributed by atoms with Gasteiger partial charge < -0.3 is 5.32 Å². The van der Waals surface area contributed by atoms with E-state index in [2.05, 4.69) is 27.3 Å². The van der Waals surface area contributed by atoms with Crippen molar-refractivity contribution >= 4 is 40.6 Å². The van der Waals surface area contributed by atoms with Crippen LogP contribution in [-0.4, -0.2) is 31.2 Å². The van der Waals surface area contributed by atoms with Gasteiger partial charge in [0.1, 0.15) is 0 Å². The first-order valence-corrected chi connectivity index (χ1v) is 10.7. The molecule has 0 bridgehead atoms. The highest BCUT2D eigenvalue weighted by atomic mass is 35.5. The molecule has 2 aromatic heterocycles. The summed E-state index contributed by atoms with van der Waals surface area (Å²) in [7, 11) is 0. The van der Waals surface area contributed by atoms with Crippen molar-refractivity contribution in [1.82, 2.24) is 19.6 Å². The number of carbonyl (C=O) groups excluding carboxylic acids is 1. The third kappa shape index (κ3) is 4.55. The summed E-state index contributed by atoms with van der Waals surface area (Å²) in [5.74, 6) is 0.407. The number of amides is 1. The van der Waals surface area contributed by atoms with Crippen LogP contribution in [0.2, 0.25) is 5.02 Å². The second-order valence-corrected chi connectivity index (χ2v) is 7.92. The van der Waals surface area contributed by atoms with Crippen LogP contribution >= 0.6 is 23.4 Å². The number of anilines is 1. The lowest BCUT2D eigenvalue weighted by molar-refractivity contribution is -0.113. The summed E-state index contributed by atoms with van der Waals surface area (Å²) in [6, 6.07) is 16.2. The molecule has 0 aliphatic carbocycles. The number of aromatic nitrogens is 4. The van der Waals surface area contributed by atoms with Gasteiger partial charge in [0.05, 0.1) is 5.75 Å². The van der Waals surface area contributed by atoms with Crippen LogP contribution in [0.3, 0.4) is 0 Å². The molecule has 0 saturated carbocycles. The van der Waals surface area contributed by atoms with Crippen molar-refractivity contribution in [3.8, 4) is 11.4 Å². The number of benzene rings is 2. The van der Waals surface area contributed by atoms with Gasteiger partial charge in [0, 0.05) is 22.3 Å². The summed E-state index contributed by atoms with van der Waals surface area (Å²) in [4.78, 5) is 33.2. The monoisotopic (exact) mass is 439 g/mol. The van der Waals surface area contributed by atoms with E-state index in [1.165, 1.54) is 27.9 Å². The third-order valence-electron chi connectivity index (χ3n) is 4.41. The van der Waals surface area contributed by atoms with Gasteiger partial charge in [-0.1, -0.05) is 42.4 Å². The first-order valence-electron chi connectivity index (χ1n) is 9.29. The predicted octanol–water partition coefficient (Wildman–Crippen LogP) is 4.03. The van der Waals surface area contributed by atoms with Crippen LogP contribution in [0.15, 0.2) is 64.5 Å². The lowest BCUT2D eigenvalue weighted by atomic mass is 10.1. The predicted molar refractivity (Wildman–Crippen MR) is 119 cm³/mol. The average molecular weight is 440 g/mol. The van der Waals surface area contributed by atoms with E-state index in [1.54, 1.807) is 24.3 Å². The molecular formula is C21H18ClN5O2S. The van der Waals surface area contributed by atoms with E-state index in [0.29, 0.717) is 21.7 Å². The van der Waals surface area contributed by atoms with Gasteiger partial charge in [0.2, 0.25) is 5.91 Å². The molecule has 0 radical (unpaired) electrons. The van der Waals surface area contributed by atoms with E-state index in [0.717, 1.165) is 17.7 Å². The van der Waals surface area contributed by atoms with Crippen LogP contribution in [0.5, 0.6) is 0 Å². The number of halogens is 1. The third-order valence-corrected chi connectivity index (χ3v) is 5.60. The number of hydrogen-bond donors (Lipinski definition) is 2. The lowest BCUT2D eigenvalue weighted by Crippen LogP contribution is -2.15. The van der Waals surface area contributed by atoms with Crippen LogP contribution in [0.25, 0.3) is 17.0 Å². The Morgan fingerprint density at radius 3 is 2.57 bits per heavy atom. The van der Waals surface area contributed by atoms with Crippen LogP contribution in [0.4, 0.5) is 5.69 Å². The first kappa shape index (κ1) is 20.2. The Kier molecular flexibility index (Phi) is 5.87. The Hall–Kier alpha value is -3.10. The minimum Gasteiger partial charge on any atom is -0.325 e. The average Bonchev–Trinajstić information content (AvgIpc) is 3.13. The molecule has 0 aliphatic heterocycles. The van der Waals surface area contributed by atoms with E-state index in [4.69, 9.17) is 11.6 Å². The molecular weight excluding hydrogens is 422 g/mol. The molecule has 1 amide bonds. The molecule has 4 aromatic rings. The number of H-pyrrole nitrogens is 1. The topological polar surface area (TPSA) is 92.2 Å². The standard InChI is InChI=1S/C21H18ClN5O2S/c1-2-13-3-9-16(10-4-13)23-19(29)12-30-21-25-20(14-5-7-15(22)8-6-14)24-17-11-18(28)26-27(17)21/h3-11H,2,12H2,1H3,(H,23,29)(H,26,28). The Balaban J connectivity index is 1.55. The van der Waals surface area contributed by atoms with Gasteiger partial charge in [-0.2, -0.15) is 0 Å². The summed E-state index contributed by atoms with van der Waals surface area (Å²) >= 11 is 7.17. The van der Waals surface area contributed by atoms with Crippen LogP contribution in [-0.2, 0) is 11.2 Å². The molecule has 0 saturated heterocycles. The van der Waals surface area contributed by atoms with E-state index in [-0.39, 0.29) is 17.2 Å². The van der Waals surface area contributed by atoms with Gasteiger partial charge in [0.15, 0.2) is 16.6 Å². The van der Waals surface area contributed by atoms with Gasteiger partial charge in [0.25, 0.3) is 5.56 Å². The molecule has 0 unspecified atom stereocenters. The van der Waals surface area contributed by atoms with Gasteiger partial charge in [-0.25, -0.2) is 14.5 Å². The van der Waals surface area contributed by atoms with Gasteiger partial charge >= 0.3 is 0 Å². The molecule has 0 atom stereocenters. The zero-order valence-electron chi connectivity index (χ0n) is 16.1. The fourth-order valence-electron chi connectivity index (χ4n) is 2.86. The van der Waals surface area contributed by atoms with Crippen molar-refractivity contribution in [2.75, 3.05) is 11.1 Å². The van der Waals surface area contributed by atoms with Crippen molar-refractivity contribution < 1.29 is 4.79 Å². The van der Waals surface area contributed by atoms with Crippen molar-refractivity contribution in [2.24, 2.45) is 0 Å². The van der Waals surface area contributed by atoms with Crippen molar-refractivity contribution in [3.63, 3.8) is 0 Å². The number of fused-ring (bicyclic) bond motifs is 1. The van der Waals surface area contributed by atoms with E-state index in [1.807, 2.05) is 24.3 Å². The maximum atomic E-state index is 12.4. The Morgan fingerprint density at radius 2 is 1.87 bits per heavy atom. The van der Waals surface area contributed by atoms with E-state index in [9.17, 15) is 9.59 Å². The summed E-state index contributed by atoms with van der Waals surface area (Å²) < 4.78 is 1.48. The maximum Gasteiger partial charge on any atom is 0.266 e. The number of nitrogens with zero attached hydrogens (tertiary/aromatic N) is 3. The molecule has 9 heteroatoms. The Bertz CT molecular complexity index is 1250. The highest BCUT2D eigenvalue weighted by Crippen LogP contribution is 2.23. The van der Waals surface area contributed by atoms with Crippen LogP contribution in [0, 0.1) is 0 Å². The molecule has 0 spiro atoms. The van der Waals surface area contributed by atoms with Crippen LogP contribution < -0.4 is 10.9 Å². The number of thioether (sulfide) groups is 1. The molecule has 0 fully saturated rings. The normalized spacial score (nSPS) is 11.0. The molecule has 7 nitrogen and oxygen atoms in total. The molecule has 4 rings (SSSR count). The first-order chi connectivity index (χ1) is 14.5. The smallest absolute Gasteiger partial charge is 0.266 e. The zero-order valence-corrected chi connectivity index (χ0v) is 17.6. The van der Waals surface area contributed by atoms with Crippen molar-refractivity contribution in [2.45, 2.75) is 18.5 Å². The van der Waals surface area contributed by atoms with Gasteiger partial charge in [-0.05, 0) is 48.4 Å². The van der Waals surface area contributed by atoms with Gasteiger partial charge in [-0.3, -0.25) is 14.7 Å². The summed E-state index contributed by atoms with van der Waals surface area (Å²) in [6.45, 7) is 2.08. The summed E-state index contributed by atoms with van der Waals surface area (Å²) in [5.41, 5.74) is 2.84. The number of nitrogens with one attached hydrogen (secondary N) is 2. The second kappa shape index (κ2) is 8.73. The number of hydrogen-bond acceptors (Lipinski definition) is 5. The van der Waals surface area contributed by atoms with Crippen molar-refractivity contribution in [3.05, 3.63) is 75.5 Å². The molecule has 152 valence electrons. The quantitative estimate of drug-likeness (QED) is 0.442. The molecule has 0 aliphatic rings. The largest absolute Gasteiger partial charge is 0.325 e. The van der Waals surface area contributed by atoms with E-state index < -0.39 is 0 Å². The summed E-state index contributed by atoms with van der Waals surface area (Å²) in [5, 5.41) is 6.60. The highest BCUT2D eigenvalue weighted by molar-refractivity contribution is 7.99. The minimum absolute atomic E-state index is 0.127. The van der Waals surface area contributed by atoms with Crippen LogP contribution in [0.1, 0.15) is 12.5 Å². The number of aryl methyl sites for hydroxylation is 1. The fourth-order valence-corrected chi connectivity index (χ4v) is 3.74. The molecule has 2 aromatic carbocycles. The zero-order chi connectivity index (χ0) is 21.1. The van der Waals surface area contributed by atoms with E-state index >= 15 is 0 Å². The minimum atomic E-state index is -0.292. The highest BCUT2D eigenvalue weighted by Gasteiger charge is 2.13. The van der Waals surface area contributed by atoms with Gasteiger partial charge in [-0.15, -0.1) is 0 Å². The molecule has 2 heterocycles. The number of rotatable bonds is 6. The fraction of sp³-hybridized carbons (Fsp3) is 0.143. The Morgan fingerprint density at radius 1 is 1.13 bits per heavy atom. The number of carbonyl (C=O) groups is 1. The second-order valence-electron chi connectivity index (χ2n) is 6.54. The lowest BCUT2D eigenvalue weighted by Gasteiger charge is -2.08. The number of aromatic amines is 1.